The number of aliphatic hydroxyl groups is 1. The summed E-state index contributed by atoms with van der Waals surface area (Å²) in [7, 11) is 0. The summed E-state index contributed by atoms with van der Waals surface area (Å²) < 4.78 is 6.42. The normalized spacial score (nSPS) is 35.5. The van der Waals surface area contributed by atoms with Crippen LogP contribution in [-0.4, -0.2) is 75.0 Å². The number of nitrogens with zero attached hydrogens (tertiary/aromatic N) is 1. The van der Waals surface area contributed by atoms with E-state index in [0.29, 0.717) is 13.0 Å². The van der Waals surface area contributed by atoms with Crippen LogP contribution in [0.25, 0.3) is 0 Å². The van der Waals surface area contributed by atoms with Gasteiger partial charge in [-0.3, -0.25) is 14.4 Å². The molecule has 1 spiro atoms. The number of carbonyl (C=O) groups excluding carboxylic acids is 3. The van der Waals surface area contributed by atoms with Gasteiger partial charge in [-0.05, 0) is 39.5 Å². The van der Waals surface area contributed by atoms with Crippen molar-refractivity contribution in [1.29, 1.82) is 0 Å². The predicted octanol–water partition coefficient (Wildman–Crippen LogP) is 1.19. The molecule has 3 unspecified atom stereocenters. The molecule has 3 rings (SSSR count). The quantitative estimate of drug-likeness (QED) is 0.454. The highest BCUT2D eigenvalue weighted by Crippen LogP contribution is 2.60. The van der Waals surface area contributed by atoms with Gasteiger partial charge in [0.1, 0.15) is 11.6 Å². The Morgan fingerprint density at radius 1 is 1.32 bits per heavy atom. The fourth-order valence-electron chi connectivity index (χ4n) is 5.45. The van der Waals surface area contributed by atoms with E-state index >= 15 is 0 Å². The van der Waals surface area contributed by atoms with Crippen LogP contribution in [0, 0.1) is 17.8 Å². The molecule has 0 aromatic rings. The molecule has 3 fully saturated rings. The molecule has 8 nitrogen and oxygen atoms in total. The van der Waals surface area contributed by atoms with E-state index in [-0.39, 0.29) is 35.1 Å². The lowest BCUT2D eigenvalue weighted by Gasteiger charge is -2.39. The van der Waals surface area contributed by atoms with Crippen LogP contribution >= 0.6 is 15.9 Å². The average molecular weight is 502 g/mol. The first-order valence-electron chi connectivity index (χ1n) is 11.2. The summed E-state index contributed by atoms with van der Waals surface area (Å²) in [5, 5.41) is 16.0. The maximum Gasteiger partial charge on any atom is 0.246 e. The Bertz CT molecular complexity index is 739. The Labute approximate surface area is 193 Å². The molecule has 7 atom stereocenters. The van der Waals surface area contributed by atoms with Crippen LogP contribution < -0.4 is 10.6 Å². The van der Waals surface area contributed by atoms with E-state index in [1.807, 2.05) is 41.5 Å². The van der Waals surface area contributed by atoms with E-state index in [1.165, 1.54) is 4.90 Å². The number of fused-ring (bicyclic) bond motifs is 1. The summed E-state index contributed by atoms with van der Waals surface area (Å²) >= 11 is 3.65. The molecular formula is C22H36BrN3O5. The van der Waals surface area contributed by atoms with Gasteiger partial charge in [-0.25, -0.2) is 0 Å². The minimum atomic E-state index is -1.10. The molecule has 0 aromatic heterocycles. The fraction of sp³-hybridized carbons (Fsp3) is 0.864. The number of amides is 3. The third kappa shape index (κ3) is 4.02. The van der Waals surface area contributed by atoms with Crippen molar-refractivity contribution in [1.82, 2.24) is 15.5 Å². The maximum atomic E-state index is 13.8. The SMILES string of the molecule is CCCNC(=O)[C@H]1[C@@H]2OC3(CC2Br)C(C(=O)NC(C)(C)C)N([C@@H](CO)C(C)C)C(=O)[C@H]13. The van der Waals surface area contributed by atoms with Crippen molar-refractivity contribution in [3.63, 3.8) is 0 Å². The minimum absolute atomic E-state index is 0.0709. The van der Waals surface area contributed by atoms with Crippen molar-refractivity contribution in [3.8, 4) is 0 Å². The van der Waals surface area contributed by atoms with Gasteiger partial charge in [-0.1, -0.05) is 36.7 Å². The van der Waals surface area contributed by atoms with Crippen LogP contribution in [0.2, 0.25) is 0 Å². The zero-order valence-corrected chi connectivity index (χ0v) is 20.9. The molecule has 2 bridgehead atoms. The van der Waals surface area contributed by atoms with Gasteiger partial charge >= 0.3 is 0 Å². The third-order valence-corrected chi connectivity index (χ3v) is 7.48. The molecule has 0 aromatic carbocycles. The van der Waals surface area contributed by atoms with Crippen molar-refractivity contribution in [2.24, 2.45) is 17.8 Å². The second-order valence-corrected chi connectivity index (χ2v) is 11.6. The van der Waals surface area contributed by atoms with Gasteiger partial charge in [0.15, 0.2) is 0 Å². The number of carbonyl (C=O) groups is 3. The number of likely N-dealkylation sites (tertiary alicyclic amines) is 1. The van der Waals surface area contributed by atoms with Gasteiger partial charge in [-0.2, -0.15) is 0 Å². The topological polar surface area (TPSA) is 108 Å². The Kier molecular flexibility index (Phi) is 6.81. The highest BCUT2D eigenvalue weighted by Gasteiger charge is 2.77. The second-order valence-electron chi connectivity index (χ2n) is 10.4. The van der Waals surface area contributed by atoms with Crippen molar-refractivity contribution < 1.29 is 24.2 Å². The van der Waals surface area contributed by atoms with Gasteiger partial charge in [-0.15, -0.1) is 0 Å². The van der Waals surface area contributed by atoms with Crippen molar-refractivity contribution in [3.05, 3.63) is 0 Å². The molecule has 3 N–H and O–H groups in total. The molecule has 176 valence electrons. The summed E-state index contributed by atoms with van der Waals surface area (Å²) in [4.78, 5) is 41.8. The summed E-state index contributed by atoms with van der Waals surface area (Å²) in [5.41, 5.74) is -1.60. The van der Waals surface area contributed by atoms with Crippen molar-refractivity contribution >= 4 is 33.7 Å². The van der Waals surface area contributed by atoms with Gasteiger partial charge in [0, 0.05) is 16.9 Å². The number of aliphatic hydroxyl groups excluding tert-OH is 1. The summed E-state index contributed by atoms with van der Waals surface area (Å²) in [6.45, 7) is 11.7. The molecule has 0 saturated carbocycles. The first-order chi connectivity index (χ1) is 14.4. The minimum Gasteiger partial charge on any atom is -0.394 e. The lowest BCUT2D eigenvalue weighted by Crippen LogP contribution is -2.61. The number of halogens is 1. The Morgan fingerprint density at radius 2 is 1.97 bits per heavy atom. The molecule has 9 heteroatoms. The van der Waals surface area contributed by atoms with Gasteiger partial charge in [0.2, 0.25) is 17.7 Å². The summed E-state index contributed by atoms with van der Waals surface area (Å²) in [6.07, 6.45) is 0.777. The highest BCUT2D eigenvalue weighted by atomic mass is 79.9. The summed E-state index contributed by atoms with van der Waals surface area (Å²) in [5.74, 6) is -2.28. The van der Waals surface area contributed by atoms with E-state index in [1.54, 1.807) is 0 Å². The summed E-state index contributed by atoms with van der Waals surface area (Å²) in [6, 6.07) is -1.45. The first-order valence-corrected chi connectivity index (χ1v) is 12.2. The van der Waals surface area contributed by atoms with E-state index in [0.717, 1.165) is 6.42 Å². The number of hydrogen-bond acceptors (Lipinski definition) is 5. The lowest BCUT2D eigenvalue weighted by molar-refractivity contribution is -0.147. The second kappa shape index (κ2) is 8.63. The van der Waals surface area contributed by atoms with Crippen molar-refractivity contribution in [2.45, 2.75) is 88.5 Å². The van der Waals surface area contributed by atoms with E-state index in [9.17, 15) is 19.5 Å². The van der Waals surface area contributed by atoms with Crippen LogP contribution in [0.4, 0.5) is 0 Å². The fourth-order valence-corrected chi connectivity index (χ4v) is 6.39. The van der Waals surface area contributed by atoms with Crippen LogP contribution in [0.3, 0.4) is 0 Å². The van der Waals surface area contributed by atoms with Crippen LogP contribution in [0.15, 0.2) is 0 Å². The number of nitrogens with one attached hydrogen (secondary N) is 2. The van der Waals surface area contributed by atoms with Crippen LogP contribution in [-0.2, 0) is 19.1 Å². The van der Waals surface area contributed by atoms with E-state index in [4.69, 9.17) is 4.74 Å². The molecule has 0 radical (unpaired) electrons. The molecule has 3 saturated heterocycles. The zero-order chi connectivity index (χ0) is 23.3. The number of ether oxygens (including phenoxy) is 1. The van der Waals surface area contributed by atoms with Crippen molar-refractivity contribution in [2.75, 3.05) is 13.2 Å². The van der Waals surface area contributed by atoms with E-state index in [2.05, 4.69) is 26.6 Å². The largest absolute Gasteiger partial charge is 0.394 e. The monoisotopic (exact) mass is 501 g/mol. The van der Waals surface area contributed by atoms with Crippen LogP contribution in [0.5, 0.6) is 0 Å². The molecular weight excluding hydrogens is 466 g/mol. The third-order valence-electron chi connectivity index (χ3n) is 6.64. The Hall–Kier alpha value is -1.19. The maximum absolute atomic E-state index is 13.8. The molecule has 3 aliphatic rings. The standard InChI is InChI=1S/C22H36BrN3O5/c1-7-8-24-18(28)14-15-20(30)26(13(10-27)11(2)3)17(19(29)25-21(4,5)6)22(15)9-12(23)16(14)31-22/h11-17,27H,7-10H2,1-6H3,(H,24,28)(H,25,29)/t12?,13-,14+,15-,16+,17?,22?/m0/s1. The number of hydrogen-bond donors (Lipinski definition) is 3. The zero-order valence-electron chi connectivity index (χ0n) is 19.3. The van der Waals surface area contributed by atoms with Gasteiger partial charge in [0.05, 0.1) is 30.6 Å². The van der Waals surface area contributed by atoms with Gasteiger partial charge < -0.3 is 25.4 Å². The highest BCUT2D eigenvalue weighted by molar-refractivity contribution is 9.09. The predicted molar refractivity (Wildman–Crippen MR) is 119 cm³/mol. The molecule has 3 amide bonds. The Balaban J connectivity index is 2.08. The Morgan fingerprint density at radius 3 is 2.48 bits per heavy atom. The smallest absolute Gasteiger partial charge is 0.246 e. The lowest BCUT2D eigenvalue weighted by atomic mass is 9.70. The first kappa shape index (κ1) is 24.5. The number of alkyl halides is 1. The molecule has 3 aliphatic heterocycles. The van der Waals surface area contributed by atoms with Crippen LogP contribution in [0.1, 0.15) is 54.4 Å². The number of rotatable bonds is 7. The molecule has 0 aliphatic carbocycles. The molecule has 31 heavy (non-hydrogen) atoms. The average Bonchev–Trinajstić information content (AvgIpc) is 3.23. The van der Waals surface area contributed by atoms with E-state index < -0.39 is 41.2 Å². The van der Waals surface area contributed by atoms with Gasteiger partial charge in [0.25, 0.3) is 0 Å². The molecule has 3 heterocycles.